The van der Waals surface area contributed by atoms with Crippen molar-refractivity contribution in [2.45, 2.75) is 19.6 Å². The highest BCUT2D eigenvalue weighted by molar-refractivity contribution is 5.90. The summed E-state index contributed by atoms with van der Waals surface area (Å²) in [5, 5.41) is 0. The fourth-order valence-electron chi connectivity index (χ4n) is 2.54. The lowest BCUT2D eigenvalue weighted by atomic mass is 10.0. The van der Waals surface area contributed by atoms with Gasteiger partial charge in [0.05, 0.1) is 12.2 Å². The van der Waals surface area contributed by atoms with E-state index in [1.165, 1.54) is 11.0 Å². The molecule has 1 fully saturated rings. The Labute approximate surface area is 128 Å². The molecule has 1 amide bonds. The Morgan fingerprint density at radius 1 is 1.27 bits per heavy atom. The molecular weight excluding hydrogens is 283 g/mol. The van der Waals surface area contributed by atoms with Gasteiger partial charge in [0, 0.05) is 12.1 Å². The summed E-state index contributed by atoms with van der Waals surface area (Å²) in [7, 11) is 0. The summed E-state index contributed by atoms with van der Waals surface area (Å²) in [5.74, 6) is -0.370. The molecule has 0 aliphatic carbocycles. The summed E-state index contributed by atoms with van der Waals surface area (Å²) >= 11 is 0. The third kappa shape index (κ3) is 2.67. The first-order chi connectivity index (χ1) is 10.6. The SMILES string of the molecule is CC1CN(c2ccc(-c3ccc(CN)cc3)c(F)c2)C(=O)O1. The summed E-state index contributed by atoms with van der Waals surface area (Å²) in [6.45, 7) is 2.70. The number of nitrogens with two attached hydrogens (primary N) is 1. The number of anilines is 1. The molecule has 1 aliphatic rings. The minimum atomic E-state index is -0.438. The van der Waals surface area contributed by atoms with Crippen LogP contribution in [0, 0.1) is 5.82 Å². The number of hydrogen-bond acceptors (Lipinski definition) is 3. The van der Waals surface area contributed by atoms with E-state index in [1.807, 2.05) is 31.2 Å². The molecule has 0 spiro atoms. The zero-order valence-corrected chi connectivity index (χ0v) is 12.3. The van der Waals surface area contributed by atoms with Crippen molar-refractivity contribution in [3.63, 3.8) is 0 Å². The fourth-order valence-corrected chi connectivity index (χ4v) is 2.54. The number of halogens is 1. The van der Waals surface area contributed by atoms with Crippen LogP contribution in [0.15, 0.2) is 42.5 Å². The van der Waals surface area contributed by atoms with Crippen LogP contribution in [0.1, 0.15) is 12.5 Å². The van der Waals surface area contributed by atoms with Crippen molar-refractivity contribution in [1.29, 1.82) is 0 Å². The second-order valence-corrected chi connectivity index (χ2v) is 5.37. The molecule has 0 aromatic heterocycles. The highest BCUT2D eigenvalue weighted by atomic mass is 19.1. The molecule has 22 heavy (non-hydrogen) atoms. The Hall–Kier alpha value is -2.40. The van der Waals surface area contributed by atoms with Crippen LogP contribution in [0.3, 0.4) is 0 Å². The second kappa shape index (κ2) is 5.77. The standard InChI is InChI=1S/C17H17FN2O2/c1-11-10-20(17(21)22-11)14-6-7-15(16(18)8-14)13-4-2-12(9-19)3-5-13/h2-8,11H,9-10,19H2,1H3. The number of carbonyl (C=O) groups excluding carboxylic acids is 1. The molecule has 1 unspecified atom stereocenters. The maximum absolute atomic E-state index is 14.4. The molecule has 0 bridgehead atoms. The molecule has 1 aliphatic heterocycles. The highest BCUT2D eigenvalue weighted by Crippen LogP contribution is 2.29. The smallest absolute Gasteiger partial charge is 0.414 e. The first kappa shape index (κ1) is 14.5. The van der Waals surface area contributed by atoms with Gasteiger partial charge in [-0.3, -0.25) is 4.90 Å². The minimum absolute atomic E-state index is 0.181. The van der Waals surface area contributed by atoms with E-state index in [0.29, 0.717) is 24.3 Å². The number of rotatable bonds is 3. The maximum Gasteiger partial charge on any atom is 0.414 e. The van der Waals surface area contributed by atoms with Crippen molar-refractivity contribution in [2.75, 3.05) is 11.4 Å². The molecule has 4 nitrogen and oxygen atoms in total. The van der Waals surface area contributed by atoms with E-state index in [0.717, 1.165) is 11.1 Å². The summed E-state index contributed by atoms with van der Waals surface area (Å²) in [6.07, 6.45) is -0.619. The molecule has 3 rings (SSSR count). The van der Waals surface area contributed by atoms with Crippen LogP contribution in [-0.2, 0) is 11.3 Å². The summed E-state index contributed by atoms with van der Waals surface area (Å²) in [5.41, 5.74) is 8.33. The van der Waals surface area contributed by atoms with Crippen molar-refractivity contribution < 1.29 is 13.9 Å². The van der Waals surface area contributed by atoms with Crippen molar-refractivity contribution in [2.24, 2.45) is 5.73 Å². The van der Waals surface area contributed by atoms with Crippen LogP contribution in [0.4, 0.5) is 14.9 Å². The number of carbonyl (C=O) groups is 1. The Kier molecular flexibility index (Phi) is 3.81. The number of amides is 1. The van der Waals surface area contributed by atoms with Gasteiger partial charge in [-0.1, -0.05) is 24.3 Å². The summed E-state index contributed by atoms with van der Waals surface area (Å²) in [4.78, 5) is 13.1. The third-order valence-electron chi connectivity index (χ3n) is 3.73. The second-order valence-electron chi connectivity index (χ2n) is 5.37. The van der Waals surface area contributed by atoms with Crippen LogP contribution < -0.4 is 10.6 Å². The van der Waals surface area contributed by atoms with E-state index in [2.05, 4.69) is 0 Å². The van der Waals surface area contributed by atoms with Gasteiger partial charge < -0.3 is 10.5 Å². The number of benzene rings is 2. The lowest BCUT2D eigenvalue weighted by Gasteiger charge is -2.14. The van der Waals surface area contributed by atoms with Crippen LogP contribution in [0.25, 0.3) is 11.1 Å². The molecule has 1 heterocycles. The van der Waals surface area contributed by atoms with Crippen LogP contribution in [-0.4, -0.2) is 18.7 Å². The van der Waals surface area contributed by atoms with Gasteiger partial charge in [-0.05, 0) is 36.2 Å². The Morgan fingerprint density at radius 2 is 2.00 bits per heavy atom. The molecule has 114 valence electrons. The van der Waals surface area contributed by atoms with E-state index in [-0.39, 0.29) is 11.9 Å². The van der Waals surface area contributed by atoms with Gasteiger partial charge in [-0.15, -0.1) is 0 Å². The summed E-state index contributed by atoms with van der Waals surface area (Å²) in [6, 6.07) is 12.2. The van der Waals surface area contributed by atoms with E-state index in [1.54, 1.807) is 12.1 Å². The van der Waals surface area contributed by atoms with Gasteiger partial charge in [0.1, 0.15) is 11.9 Å². The largest absolute Gasteiger partial charge is 0.444 e. The van der Waals surface area contributed by atoms with Crippen molar-refractivity contribution >= 4 is 11.8 Å². The van der Waals surface area contributed by atoms with Gasteiger partial charge in [-0.2, -0.15) is 0 Å². The summed E-state index contributed by atoms with van der Waals surface area (Å²) < 4.78 is 19.5. The Morgan fingerprint density at radius 3 is 2.55 bits per heavy atom. The Balaban J connectivity index is 1.90. The van der Waals surface area contributed by atoms with Gasteiger partial charge in [0.25, 0.3) is 0 Å². The van der Waals surface area contributed by atoms with Crippen LogP contribution in [0.5, 0.6) is 0 Å². The lowest BCUT2D eigenvalue weighted by molar-refractivity contribution is 0.150. The molecule has 0 radical (unpaired) electrons. The first-order valence-electron chi connectivity index (χ1n) is 7.15. The first-order valence-corrected chi connectivity index (χ1v) is 7.15. The average molecular weight is 300 g/mol. The fraction of sp³-hybridized carbons (Fsp3) is 0.235. The molecule has 2 N–H and O–H groups in total. The molecule has 2 aromatic carbocycles. The van der Waals surface area contributed by atoms with Gasteiger partial charge in [0.15, 0.2) is 0 Å². The third-order valence-corrected chi connectivity index (χ3v) is 3.73. The van der Waals surface area contributed by atoms with Gasteiger partial charge in [-0.25, -0.2) is 9.18 Å². The quantitative estimate of drug-likeness (QED) is 0.946. The molecule has 1 atom stereocenters. The number of nitrogens with zero attached hydrogens (tertiary/aromatic N) is 1. The zero-order valence-electron chi connectivity index (χ0n) is 12.3. The predicted octanol–water partition coefficient (Wildman–Crippen LogP) is 3.30. The minimum Gasteiger partial charge on any atom is -0.444 e. The van der Waals surface area contributed by atoms with E-state index < -0.39 is 6.09 Å². The van der Waals surface area contributed by atoms with Gasteiger partial charge >= 0.3 is 6.09 Å². The zero-order chi connectivity index (χ0) is 15.7. The predicted molar refractivity (Wildman–Crippen MR) is 83.0 cm³/mol. The topological polar surface area (TPSA) is 55.6 Å². The van der Waals surface area contributed by atoms with Crippen molar-refractivity contribution in [3.8, 4) is 11.1 Å². The average Bonchev–Trinajstić information content (AvgIpc) is 2.86. The van der Waals surface area contributed by atoms with Crippen LogP contribution in [0.2, 0.25) is 0 Å². The van der Waals surface area contributed by atoms with Gasteiger partial charge in [0.2, 0.25) is 0 Å². The van der Waals surface area contributed by atoms with Crippen molar-refractivity contribution in [3.05, 3.63) is 53.8 Å². The number of ether oxygens (including phenoxy) is 1. The van der Waals surface area contributed by atoms with E-state index >= 15 is 0 Å². The van der Waals surface area contributed by atoms with E-state index in [9.17, 15) is 9.18 Å². The van der Waals surface area contributed by atoms with E-state index in [4.69, 9.17) is 10.5 Å². The molecule has 1 saturated heterocycles. The number of hydrogen-bond donors (Lipinski definition) is 1. The monoisotopic (exact) mass is 300 g/mol. The molecule has 2 aromatic rings. The normalized spacial score (nSPS) is 17.7. The lowest BCUT2D eigenvalue weighted by Crippen LogP contribution is -2.24. The number of cyclic esters (lactones) is 1. The van der Waals surface area contributed by atoms with Crippen molar-refractivity contribution in [1.82, 2.24) is 0 Å². The Bertz CT molecular complexity index is 700. The molecule has 0 saturated carbocycles. The highest BCUT2D eigenvalue weighted by Gasteiger charge is 2.29. The molecule has 5 heteroatoms. The van der Waals surface area contributed by atoms with Crippen LogP contribution >= 0.6 is 0 Å². The maximum atomic E-state index is 14.4. The molecular formula is C17H17FN2O2.